The largest absolute Gasteiger partial charge is 0.396 e. The van der Waals surface area contributed by atoms with Gasteiger partial charge in [0.2, 0.25) is 0 Å². The molecule has 0 aliphatic rings. The fraction of sp³-hybridized carbons (Fsp3) is 0.250. The number of hydrogen-bond donors (Lipinski definition) is 2. The summed E-state index contributed by atoms with van der Waals surface area (Å²) >= 11 is 0. The van der Waals surface area contributed by atoms with Gasteiger partial charge < -0.3 is 15.0 Å². The maximum absolute atomic E-state index is 12.3. The molecule has 1 aromatic heterocycles. The summed E-state index contributed by atoms with van der Waals surface area (Å²) in [7, 11) is 1.56. The summed E-state index contributed by atoms with van der Waals surface area (Å²) in [4.78, 5) is 23.9. The Morgan fingerprint density at radius 3 is 2.57 bits per heavy atom. The van der Waals surface area contributed by atoms with Gasteiger partial charge in [-0.05, 0) is 18.1 Å². The van der Waals surface area contributed by atoms with Crippen molar-refractivity contribution in [3.63, 3.8) is 0 Å². The van der Waals surface area contributed by atoms with Gasteiger partial charge in [0.25, 0.3) is 11.5 Å². The molecule has 0 saturated heterocycles. The summed E-state index contributed by atoms with van der Waals surface area (Å²) < 4.78 is 1.30. The second kappa shape index (κ2) is 6.85. The third kappa shape index (κ3) is 3.58. The molecule has 0 aliphatic heterocycles. The molecule has 0 saturated carbocycles. The molecule has 1 amide bonds. The van der Waals surface area contributed by atoms with E-state index in [0.29, 0.717) is 12.1 Å². The smallest absolute Gasteiger partial charge is 0.268 e. The Morgan fingerprint density at radius 2 is 1.90 bits per heavy atom. The Labute approximate surface area is 122 Å². The average Bonchev–Trinajstić information content (AvgIpc) is 2.50. The van der Waals surface area contributed by atoms with Crippen molar-refractivity contribution in [1.29, 1.82) is 0 Å². The van der Waals surface area contributed by atoms with Crippen molar-refractivity contribution in [2.75, 3.05) is 6.61 Å². The van der Waals surface area contributed by atoms with Crippen molar-refractivity contribution >= 4 is 5.91 Å². The molecular weight excluding hydrogens is 268 g/mol. The van der Waals surface area contributed by atoms with E-state index < -0.39 is 0 Å². The second-order valence-electron chi connectivity index (χ2n) is 4.76. The van der Waals surface area contributed by atoms with E-state index >= 15 is 0 Å². The van der Waals surface area contributed by atoms with Gasteiger partial charge in [-0.3, -0.25) is 9.59 Å². The third-order valence-corrected chi connectivity index (χ3v) is 3.34. The highest BCUT2D eigenvalue weighted by atomic mass is 16.3. The lowest BCUT2D eigenvalue weighted by Gasteiger charge is -2.19. The Balaban J connectivity index is 2.23. The number of carbonyl (C=O) groups is 1. The van der Waals surface area contributed by atoms with Crippen LogP contribution in [0.25, 0.3) is 0 Å². The molecule has 2 N–H and O–H groups in total. The van der Waals surface area contributed by atoms with Gasteiger partial charge in [-0.1, -0.05) is 36.4 Å². The van der Waals surface area contributed by atoms with Crippen molar-refractivity contribution in [2.24, 2.45) is 7.05 Å². The quantitative estimate of drug-likeness (QED) is 0.868. The number of nitrogens with zero attached hydrogens (tertiary/aromatic N) is 1. The molecule has 0 fully saturated rings. The standard InChI is InChI=1S/C16H18N2O3/c1-18-14(8-5-9-15(18)20)16(21)17-13(10-11-19)12-6-3-2-4-7-12/h2-9,13,19H,10-11H2,1H3,(H,17,21). The zero-order valence-corrected chi connectivity index (χ0v) is 11.8. The van der Waals surface area contributed by atoms with Crippen molar-refractivity contribution in [3.8, 4) is 0 Å². The zero-order chi connectivity index (χ0) is 15.2. The number of aliphatic hydroxyl groups is 1. The zero-order valence-electron chi connectivity index (χ0n) is 11.8. The highest BCUT2D eigenvalue weighted by Crippen LogP contribution is 2.16. The summed E-state index contributed by atoms with van der Waals surface area (Å²) in [6, 6.07) is 13.7. The van der Waals surface area contributed by atoms with Crippen molar-refractivity contribution in [2.45, 2.75) is 12.5 Å². The first-order valence-corrected chi connectivity index (χ1v) is 6.76. The molecule has 2 aromatic rings. The van der Waals surface area contributed by atoms with E-state index in [4.69, 9.17) is 0 Å². The Morgan fingerprint density at radius 1 is 1.19 bits per heavy atom. The van der Waals surface area contributed by atoms with Crippen molar-refractivity contribution < 1.29 is 9.90 Å². The van der Waals surface area contributed by atoms with Crippen LogP contribution < -0.4 is 10.9 Å². The monoisotopic (exact) mass is 286 g/mol. The van der Waals surface area contributed by atoms with E-state index in [9.17, 15) is 14.7 Å². The summed E-state index contributed by atoms with van der Waals surface area (Å²) in [5.41, 5.74) is 0.975. The van der Waals surface area contributed by atoms with Crippen LogP contribution in [-0.4, -0.2) is 22.2 Å². The molecule has 0 aliphatic carbocycles. The van der Waals surface area contributed by atoms with E-state index in [2.05, 4.69) is 5.32 Å². The first kappa shape index (κ1) is 15.0. The molecule has 1 atom stereocenters. The van der Waals surface area contributed by atoms with Crippen LogP contribution in [0.4, 0.5) is 0 Å². The number of aliphatic hydroxyl groups excluding tert-OH is 1. The van der Waals surface area contributed by atoms with Crippen LogP contribution in [-0.2, 0) is 7.05 Å². The number of pyridine rings is 1. The van der Waals surface area contributed by atoms with Crippen molar-refractivity contribution in [3.05, 3.63) is 70.1 Å². The van der Waals surface area contributed by atoms with E-state index in [-0.39, 0.29) is 24.1 Å². The van der Waals surface area contributed by atoms with E-state index in [1.807, 2.05) is 30.3 Å². The molecular formula is C16H18N2O3. The summed E-state index contributed by atoms with van der Waals surface area (Å²) in [5, 5.41) is 12.0. The number of benzene rings is 1. The third-order valence-electron chi connectivity index (χ3n) is 3.34. The Hall–Kier alpha value is -2.40. The maximum atomic E-state index is 12.3. The number of carbonyl (C=O) groups excluding carboxylic acids is 1. The van der Waals surface area contributed by atoms with Crippen LogP contribution in [0, 0.1) is 0 Å². The second-order valence-corrected chi connectivity index (χ2v) is 4.76. The fourth-order valence-electron chi connectivity index (χ4n) is 2.16. The minimum absolute atomic E-state index is 0.0342. The number of aromatic nitrogens is 1. The van der Waals surface area contributed by atoms with E-state index in [0.717, 1.165) is 5.56 Å². The molecule has 1 heterocycles. The number of hydrogen-bond acceptors (Lipinski definition) is 3. The maximum Gasteiger partial charge on any atom is 0.268 e. The SMILES string of the molecule is Cn1c(C(=O)NC(CCO)c2ccccc2)cccc1=O. The molecule has 0 spiro atoms. The predicted octanol–water partition coefficient (Wildman–Crippen LogP) is 1.24. The summed E-state index contributed by atoms with van der Waals surface area (Å²) in [6.07, 6.45) is 0.413. The van der Waals surface area contributed by atoms with Gasteiger partial charge in [-0.2, -0.15) is 0 Å². The molecule has 5 nitrogen and oxygen atoms in total. The van der Waals surface area contributed by atoms with Gasteiger partial charge in [0.15, 0.2) is 0 Å². The van der Waals surface area contributed by atoms with Crippen LogP contribution >= 0.6 is 0 Å². The van der Waals surface area contributed by atoms with Gasteiger partial charge in [0.05, 0.1) is 6.04 Å². The minimum atomic E-state index is -0.336. The van der Waals surface area contributed by atoms with Gasteiger partial charge in [-0.25, -0.2) is 0 Å². The molecule has 1 aromatic carbocycles. The molecule has 110 valence electrons. The summed E-state index contributed by atoms with van der Waals surface area (Å²) in [5.74, 6) is -0.336. The van der Waals surface area contributed by atoms with Gasteiger partial charge >= 0.3 is 0 Å². The lowest BCUT2D eigenvalue weighted by atomic mass is 10.0. The number of amides is 1. The average molecular weight is 286 g/mol. The van der Waals surface area contributed by atoms with Crippen LogP contribution in [0.15, 0.2) is 53.3 Å². The predicted molar refractivity (Wildman–Crippen MR) is 80.0 cm³/mol. The van der Waals surface area contributed by atoms with Crippen LogP contribution in [0.5, 0.6) is 0 Å². The Bertz CT molecular complexity index is 665. The molecule has 21 heavy (non-hydrogen) atoms. The van der Waals surface area contributed by atoms with Crippen LogP contribution in [0.3, 0.4) is 0 Å². The highest BCUT2D eigenvalue weighted by molar-refractivity contribution is 5.92. The molecule has 0 bridgehead atoms. The minimum Gasteiger partial charge on any atom is -0.396 e. The topological polar surface area (TPSA) is 71.3 Å². The van der Waals surface area contributed by atoms with E-state index in [1.54, 1.807) is 19.2 Å². The van der Waals surface area contributed by atoms with Crippen LogP contribution in [0.1, 0.15) is 28.5 Å². The van der Waals surface area contributed by atoms with Crippen molar-refractivity contribution in [1.82, 2.24) is 9.88 Å². The van der Waals surface area contributed by atoms with Gasteiger partial charge in [-0.15, -0.1) is 0 Å². The molecule has 2 rings (SSSR count). The molecule has 0 radical (unpaired) electrons. The Kier molecular flexibility index (Phi) is 4.90. The van der Waals surface area contributed by atoms with Crippen LogP contribution in [0.2, 0.25) is 0 Å². The lowest BCUT2D eigenvalue weighted by Crippen LogP contribution is -2.33. The number of nitrogens with one attached hydrogen (secondary N) is 1. The normalized spacial score (nSPS) is 11.9. The van der Waals surface area contributed by atoms with Gasteiger partial charge in [0.1, 0.15) is 5.69 Å². The lowest BCUT2D eigenvalue weighted by molar-refractivity contribution is 0.0920. The van der Waals surface area contributed by atoms with Gasteiger partial charge in [0, 0.05) is 19.7 Å². The fourth-order valence-corrected chi connectivity index (χ4v) is 2.16. The van der Waals surface area contributed by atoms with E-state index in [1.165, 1.54) is 10.6 Å². The summed E-state index contributed by atoms with van der Waals surface area (Å²) in [6.45, 7) is -0.0342. The number of rotatable bonds is 5. The molecule has 5 heteroatoms. The highest BCUT2D eigenvalue weighted by Gasteiger charge is 2.16. The molecule has 1 unspecified atom stereocenters. The first-order valence-electron chi connectivity index (χ1n) is 6.76. The first-order chi connectivity index (χ1) is 10.1.